The molecule has 1 atom stereocenters. The molecule has 0 aromatic heterocycles. The largest absolute Gasteiger partial charge is 0.398 e. The van der Waals surface area contributed by atoms with Crippen molar-refractivity contribution in [3.05, 3.63) is 22.4 Å². The molecule has 1 aromatic carbocycles. The van der Waals surface area contributed by atoms with E-state index in [0.29, 0.717) is 21.3 Å². The Morgan fingerprint density at radius 2 is 1.93 bits per heavy atom. The lowest BCUT2D eigenvalue weighted by atomic mass is 10.2. The number of benzene rings is 1. The summed E-state index contributed by atoms with van der Waals surface area (Å²) in [6, 6.07) is 3.10. The summed E-state index contributed by atoms with van der Waals surface area (Å²) in [7, 11) is 0. The van der Waals surface area contributed by atoms with Crippen LogP contribution in [0, 0.1) is 11.7 Å². The van der Waals surface area contributed by atoms with Crippen molar-refractivity contribution in [3.8, 4) is 0 Å². The first kappa shape index (κ1) is 12.8. The van der Waals surface area contributed by atoms with Gasteiger partial charge < -0.3 is 5.73 Å². The number of halogens is 2. The van der Waals surface area contributed by atoms with Gasteiger partial charge in [0.25, 0.3) is 0 Å². The maximum atomic E-state index is 13.3. The highest BCUT2D eigenvalue weighted by molar-refractivity contribution is 9.10. The molecule has 1 rings (SSSR count). The van der Waals surface area contributed by atoms with Crippen LogP contribution >= 0.6 is 27.7 Å². The van der Waals surface area contributed by atoms with Gasteiger partial charge in [0.05, 0.1) is 4.47 Å². The summed E-state index contributed by atoms with van der Waals surface area (Å²) in [5.74, 6) is 0.281. The minimum atomic E-state index is -0.261. The van der Waals surface area contributed by atoms with Gasteiger partial charge in [-0.25, -0.2) is 4.39 Å². The fourth-order valence-corrected chi connectivity index (χ4v) is 2.38. The maximum absolute atomic E-state index is 13.3. The van der Waals surface area contributed by atoms with E-state index in [1.807, 2.05) is 0 Å². The third-order valence-electron chi connectivity index (χ3n) is 2.30. The molecule has 0 saturated carbocycles. The number of nitrogen functional groups attached to an aromatic ring is 1. The zero-order valence-corrected chi connectivity index (χ0v) is 11.5. The second-order valence-corrected chi connectivity index (χ2v) is 6.14. The van der Waals surface area contributed by atoms with Gasteiger partial charge in [0.15, 0.2) is 0 Å². The average molecular weight is 292 g/mol. The summed E-state index contributed by atoms with van der Waals surface area (Å²) in [4.78, 5) is 0.817. The van der Waals surface area contributed by atoms with E-state index < -0.39 is 0 Å². The number of hydrogen-bond donors (Lipinski definition) is 1. The van der Waals surface area contributed by atoms with Gasteiger partial charge in [-0.15, -0.1) is 11.8 Å². The summed E-state index contributed by atoms with van der Waals surface area (Å²) in [6.45, 7) is 6.40. The van der Waals surface area contributed by atoms with Crippen LogP contribution < -0.4 is 5.73 Å². The molecule has 0 aliphatic carbocycles. The van der Waals surface area contributed by atoms with Crippen molar-refractivity contribution in [2.45, 2.75) is 30.9 Å². The molecule has 0 radical (unpaired) electrons. The molecule has 0 spiro atoms. The van der Waals surface area contributed by atoms with Crippen molar-refractivity contribution in [2.75, 3.05) is 5.73 Å². The molecule has 0 saturated heterocycles. The summed E-state index contributed by atoms with van der Waals surface area (Å²) < 4.78 is 13.7. The van der Waals surface area contributed by atoms with Crippen LogP contribution in [0.5, 0.6) is 0 Å². The lowest BCUT2D eigenvalue weighted by molar-refractivity contribution is 0.616. The molecule has 1 unspecified atom stereocenters. The normalized spacial score (nSPS) is 13.2. The molecule has 0 amide bonds. The summed E-state index contributed by atoms with van der Waals surface area (Å²) in [5.41, 5.74) is 6.45. The highest BCUT2D eigenvalue weighted by Crippen LogP contribution is 2.34. The van der Waals surface area contributed by atoms with Crippen molar-refractivity contribution < 1.29 is 4.39 Å². The molecule has 1 aromatic rings. The summed E-state index contributed by atoms with van der Waals surface area (Å²) in [5, 5.41) is 0.424. The predicted octanol–water partition coefficient (Wildman–Crippen LogP) is 4.31. The van der Waals surface area contributed by atoms with Crippen LogP contribution in [0.25, 0.3) is 0 Å². The number of hydrogen-bond acceptors (Lipinski definition) is 2. The van der Waals surface area contributed by atoms with E-state index in [2.05, 4.69) is 36.7 Å². The Labute approximate surface area is 103 Å². The minimum Gasteiger partial charge on any atom is -0.398 e. The molecular weight excluding hydrogens is 277 g/mol. The molecule has 0 bridgehead atoms. The van der Waals surface area contributed by atoms with Crippen molar-refractivity contribution >= 4 is 33.4 Å². The molecule has 84 valence electrons. The van der Waals surface area contributed by atoms with Crippen molar-refractivity contribution in [3.63, 3.8) is 0 Å². The van der Waals surface area contributed by atoms with E-state index in [4.69, 9.17) is 5.73 Å². The Hall–Kier alpha value is -0.220. The third kappa shape index (κ3) is 3.38. The molecular formula is C11H15BrFNS. The van der Waals surface area contributed by atoms with Gasteiger partial charge in [-0.3, -0.25) is 0 Å². The number of anilines is 1. The van der Waals surface area contributed by atoms with E-state index in [1.54, 1.807) is 17.8 Å². The van der Waals surface area contributed by atoms with Crippen molar-refractivity contribution in [1.82, 2.24) is 0 Å². The van der Waals surface area contributed by atoms with Gasteiger partial charge >= 0.3 is 0 Å². The molecule has 15 heavy (non-hydrogen) atoms. The second kappa shape index (κ2) is 5.21. The van der Waals surface area contributed by atoms with Gasteiger partial charge in [0.2, 0.25) is 0 Å². The van der Waals surface area contributed by atoms with Crippen LogP contribution in [-0.4, -0.2) is 5.25 Å². The predicted molar refractivity (Wildman–Crippen MR) is 68.7 cm³/mol. The Morgan fingerprint density at radius 1 is 1.33 bits per heavy atom. The summed E-state index contributed by atoms with van der Waals surface area (Å²) in [6.07, 6.45) is 0. The van der Waals surface area contributed by atoms with Crippen LogP contribution in [0.15, 0.2) is 21.5 Å². The SMILES string of the molecule is CC(C)C(C)Sc1cc(F)c(Br)cc1N. The van der Waals surface area contributed by atoms with Gasteiger partial charge in [0, 0.05) is 15.8 Å². The Morgan fingerprint density at radius 3 is 2.47 bits per heavy atom. The number of thioether (sulfide) groups is 1. The van der Waals surface area contributed by atoms with Gasteiger partial charge in [-0.05, 0) is 34.0 Å². The van der Waals surface area contributed by atoms with Crippen LogP contribution in [0.1, 0.15) is 20.8 Å². The first-order chi connectivity index (χ1) is 6.91. The smallest absolute Gasteiger partial charge is 0.138 e. The van der Waals surface area contributed by atoms with E-state index in [9.17, 15) is 4.39 Å². The van der Waals surface area contributed by atoms with Crippen LogP contribution in [0.3, 0.4) is 0 Å². The third-order valence-corrected chi connectivity index (χ3v) is 4.44. The standard InChI is InChI=1S/C11H15BrFNS/c1-6(2)7(3)15-11-5-9(13)8(12)4-10(11)14/h4-7H,14H2,1-3H3. The first-order valence-corrected chi connectivity index (χ1v) is 6.50. The molecule has 1 nitrogen and oxygen atoms in total. The Kier molecular flexibility index (Phi) is 4.46. The maximum Gasteiger partial charge on any atom is 0.138 e. The molecule has 0 aliphatic rings. The van der Waals surface area contributed by atoms with E-state index in [0.717, 1.165) is 4.90 Å². The highest BCUT2D eigenvalue weighted by Gasteiger charge is 2.12. The number of rotatable bonds is 3. The monoisotopic (exact) mass is 291 g/mol. The fourth-order valence-electron chi connectivity index (χ4n) is 0.982. The Bertz CT molecular complexity index is 355. The van der Waals surface area contributed by atoms with Crippen LogP contribution in [-0.2, 0) is 0 Å². The molecule has 2 N–H and O–H groups in total. The number of nitrogens with two attached hydrogens (primary N) is 1. The first-order valence-electron chi connectivity index (χ1n) is 4.83. The topological polar surface area (TPSA) is 26.0 Å². The lowest BCUT2D eigenvalue weighted by Crippen LogP contribution is -2.06. The second-order valence-electron chi connectivity index (χ2n) is 3.87. The van der Waals surface area contributed by atoms with E-state index in [-0.39, 0.29) is 5.82 Å². The van der Waals surface area contributed by atoms with Gasteiger partial charge in [-0.1, -0.05) is 20.8 Å². The average Bonchev–Trinajstić information content (AvgIpc) is 2.13. The highest BCUT2D eigenvalue weighted by atomic mass is 79.9. The minimum absolute atomic E-state index is 0.261. The molecule has 0 heterocycles. The van der Waals surface area contributed by atoms with E-state index >= 15 is 0 Å². The van der Waals surface area contributed by atoms with Crippen LogP contribution in [0.2, 0.25) is 0 Å². The van der Waals surface area contributed by atoms with Gasteiger partial charge in [0.1, 0.15) is 5.82 Å². The zero-order chi connectivity index (χ0) is 11.6. The molecule has 0 aliphatic heterocycles. The quantitative estimate of drug-likeness (QED) is 0.663. The van der Waals surface area contributed by atoms with E-state index in [1.165, 1.54) is 6.07 Å². The van der Waals surface area contributed by atoms with Gasteiger partial charge in [-0.2, -0.15) is 0 Å². The lowest BCUT2D eigenvalue weighted by Gasteiger charge is -2.16. The zero-order valence-electron chi connectivity index (χ0n) is 9.05. The van der Waals surface area contributed by atoms with Crippen molar-refractivity contribution in [1.29, 1.82) is 0 Å². The van der Waals surface area contributed by atoms with Crippen LogP contribution in [0.4, 0.5) is 10.1 Å². The summed E-state index contributed by atoms with van der Waals surface area (Å²) >= 11 is 4.73. The molecule has 0 fully saturated rings. The van der Waals surface area contributed by atoms with Crippen molar-refractivity contribution in [2.24, 2.45) is 5.92 Å². The molecule has 4 heteroatoms. The Balaban J connectivity index is 2.91. The fraction of sp³-hybridized carbons (Fsp3) is 0.455.